The van der Waals surface area contributed by atoms with Gasteiger partial charge in [0, 0.05) is 44.1 Å². The maximum Gasteiger partial charge on any atom is 0.227 e. The maximum absolute atomic E-state index is 14.7. The Morgan fingerprint density at radius 2 is 1.55 bits per heavy atom. The molecule has 0 aromatic carbocycles. The fourth-order valence-corrected chi connectivity index (χ4v) is 11.0. The van der Waals surface area contributed by atoms with Gasteiger partial charge in [-0.15, -0.1) is 6.58 Å². The highest BCUT2D eigenvalue weighted by atomic mass is 32.2. The standard InChI is InChI=1S/C42H67NO7S/c1-10-11-13-19-33(45)37(47)29(22-28-17-16-18-28)23-34(46)36-35-32(41(35,8)9)26-43(36)38(48)31(39(2,3)4)24-30(44)25-42(20-14-12-15-21-42)27-51(49,50)40(5,6)7/h10,28-29,31-32,35-36H,1,11-27H2,2-9H3/t29?,31-,32?,35+,36-/m1/s1. The topological polar surface area (TPSA) is 123 Å². The number of carbonyl (C=O) groups excluding carboxylic acids is 5. The van der Waals surface area contributed by atoms with Crippen LogP contribution in [0, 0.1) is 45.8 Å². The number of likely N-dealkylation sites (tertiary alicyclic amines) is 1. The van der Waals surface area contributed by atoms with Crippen molar-refractivity contribution in [1.82, 2.24) is 4.90 Å². The van der Waals surface area contributed by atoms with Crippen LogP contribution in [0.1, 0.15) is 152 Å². The number of rotatable bonds is 18. The Balaban J connectivity index is 1.55. The molecule has 3 aliphatic carbocycles. The van der Waals surface area contributed by atoms with Gasteiger partial charge in [0.2, 0.25) is 11.7 Å². The molecule has 8 nitrogen and oxygen atoms in total. The largest absolute Gasteiger partial charge is 0.332 e. The molecule has 0 aromatic heterocycles. The lowest BCUT2D eigenvalue weighted by Gasteiger charge is -2.40. The monoisotopic (exact) mass is 729 g/mol. The zero-order chi connectivity index (χ0) is 38.2. The Morgan fingerprint density at radius 3 is 2.08 bits per heavy atom. The maximum atomic E-state index is 14.7. The third-order valence-corrected chi connectivity index (χ3v) is 16.1. The van der Waals surface area contributed by atoms with Crippen molar-refractivity contribution in [3.05, 3.63) is 12.7 Å². The number of allylic oxidation sites excluding steroid dienone is 1. The zero-order valence-electron chi connectivity index (χ0n) is 33.0. The SMILES string of the molecule is C=CCCCC(=O)C(=O)C(CC(=O)[C@@H]1[C@@H]2C(CN1C(=O)[C@@H](CC(=O)CC1(CS(=O)(=O)C(C)(C)C)CCCCC1)C(C)(C)C)C2(C)C)CC1CCC1. The summed E-state index contributed by atoms with van der Waals surface area (Å²) in [5.74, 6) is -2.24. The molecule has 0 bridgehead atoms. The minimum Gasteiger partial charge on any atom is -0.332 e. The van der Waals surface area contributed by atoms with Crippen molar-refractivity contribution in [2.75, 3.05) is 12.3 Å². The van der Waals surface area contributed by atoms with Crippen LogP contribution < -0.4 is 0 Å². The quantitative estimate of drug-likeness (QED) is 0.0799. The van der Waals surface area contributed by atoms with Crippen LogP contribution in [0.3, 0.4) is 0 Å². The number of hydrogen-bond acceptors (Lipinski definition) is 7. The molecule has 0 spiro atoms. The molecule has 0 N–H and O–H groups in total. The molecule has 4 fully saturated rings. The van der Waals surface area contributed by atoms with Crippen molar-refractivity contribution in [3.63, 3.8) is 0 Å². The highest BCUT2D eigenvalue weighted by Gasteiger charge is 2.69. The van der Waals surface area contributed by atoms with Crippen molar-refractivity contribution in [1.29, 1.82) is 0 Å². The zero-order valence-corrected chi connectivity index (χ0v) is 33.8. The summed E-state index contributed by atoms with van der Waals surface area (Å²) in [6.07, 6.45) is 11.0. The lowest BCUT2D eigenvalue weighted by Crippen LogP contribution is -2.51. The lowest BCUT2D eigenvalue weighted by molar-refractivity contribution is -0.148. The molecule has 1 heterocycles. The average molecular weight is 730 g/mol. The number of fused-ring (bicyclic) bond motifs is 1. The van der Waals surface area contributed by atoms with Crippen LogP contribution in [0.2, 0.25) is 0 Å². The number of unbranched alkanes of at least 4 members (excludes halogenated alkanes) is 1. The number of hydrogen-bond donors (Lipinski definition) is 0. The molecular weight excluding hydrogens is 663 g/mol. The molecule has 4 rings (SSSR count). The van der Waals surface area contributed by atoms with E-state index in [-0.39, 0.29) is 66.2 Å². The number of carbonyl (C=O) groups is 5. The lowest BCUT2D eigenvalue weighted by atomic mass is 9.70. The third kappa shape index (κ3) is 9.51. The van der Waals surface area contributed by atoms with Gasteiger partial charge in [0.05, 0.1) is 16.5 Å². The van der Waals surface area contributed by atoms with E-state index in [1.165, 1.54) is 0 Å². The predicted octanol–water partition coefficient (Wildman–Crippen LogP) is 7.90. The molecule has 1 amide bonds. The van der Waals surface area contributed by atoms with Crippen LogP contribution in [0.4, 0.5) is 0 Å². The molecule has 288 valence electrons. The van der Waals surface area contributed by atoms with Crippen LogP contribution in [0.5, 0.6) is 0 Å². The fraction of sp³-hybridized carbons (Fsp3) is 0.833. The van der Waals surface area contributed by atoms with Gasteiger partial charge in [-0.3, -0.25) is 24.0 Å². The van der Waals surface area contributed by atoms with E-state index in [0.29, 0.717) is 44.6 Å². The molecular formula is C42H67NO7S. The van der Waals surface area contributed by atoms with E-state index >= 15 is 0 Å². The first-order valence-corrected chi connectivity index (χ1v) is 21.4. The first kappa shape index (κ1) is 41.6. The van der Waals surface area contributed by atoms with Crippen LogP contribution in [-0.2, 0) is 33.8 Å². The summed E-state index contributed by atoms with van der Waals surface area (Å²) in [7, 11) is -3.46. The summed E-state index contributed by atoms with van der Waals surface area (Å²) in [5, 5.41) is 0. The smallest absolute Gasteiger partial charge is 0.227 e. The first-order chi connectivity index (χ1) is 23.5. The van der Waals surface area contributed by atoms with Gasteiger partial charge in [-0.05, 0) is 86.9 Å². The average Bonchev–Trinajstić information content (AvgIpc) is 3.30. The third-order valence-electron chi connectivity index (χ3n) is 13.3. The van der Waals surface area contributed by atoms with Crippen molar-refractivity contribution < 1.29 is 32.4 Å². The number of amides is 1. The van der Waals surface area contributed by atoms with Crippen molar-refractivity contribution >= 4 is 38.9 Å². The number of Topliss-reactive ketones (excluding diaryl/α,β-unsaturated/α-hetero) is 4. The van der Waals surface area contributed by atoms with Crippen molar-refractivity contribution in [2.24, 2.45) is 45.8 Å². The minimum absolute atomic E-state index is 0.00220. The molecule has 5 atom stereocenters. The molecule has 51 heavy (non-hydrogen) atoms. The van der Waals surface area contributed by atoms with Gasteiger partial charge in [0.15, 0.2) is 21.4 Å². The van der Waals surface area contributed by atoms with E-state index in [0.717, 1.165) is 38.5 Å². The van der Waals surface area contributed by atoms with E-state index in [2.05, 4.69) is 20.4 Å². The Morgan fingerprint density at radius 1 is 0.922 bits per heavy atom. The minimum atomic E-state index is -3.46. The fourth-order valence-electron chi connectivity index (χ4n) is 9.39. The van der Waals surface area contributed by atoms with Gasteiger partial charge in [-0.2, -0.15) is 0 Å². The molecule has 9 heteroatoms. The molecule has 2 unspecified atom stereocenters. The van der Waals surface area contributed by atoms with E-state index < -0.39 is 54.9 Å². The summed E-state index contributed by atoms with van der Waals surface area (Å²) < 4.78 is 25.9. The van der Waals surface area contributed by atoms with Gasteiger partial charge in [-0.1, -0.05) is 79.2 Å². The predicted molar refractivity (Wildman–Crippen MR) is 202 cm³/mol. The van der Waals surface area contributed by atoms with Crippen LogP contribution in [0.15, 0.2) is 12.7 Å². The van der Waals surface area contributed by atoms with Crippen LogP contribution >= 0.6 is 0 Å². The van der Waals surface area contributed by atoms with Crippen LogP contribution in [0.25, 0.3) is 0 Å². The Bertz CT molecular complexity index is 1450. The first-order valence-electron chi connectivity index (χ1n) is 19.8. The molecule has 3 saturated carbocycles. The number of piperidine rings is 1. The van der Waals surface area contributed by atoms with Crippen LogP contribution in [-0.4, -0.2) is 65.4 Å². The number of sulfone groups is 1. The number of nitrogens with zero attached hydrogens (tertiary/aromatic N) is 1. The molecule has 1 aliphatic heterocycles. The Labute approximate surface area is 308 Å². The van der Waals surface area contributed by atoms with Gasteiger partial charge in [0.1, 0.15) is 5.78 Å². The molecule has 1 saturated heterocycles. The van der Waals surface area contributed by atoms with Gasteiger partial charge in [0.25, 0.3) is 0 Å². The van der Waals surface area contributed by atoms with Gasteiger partial charge < -0.3 is 4.90 Å². The molecule has 0 radical (unpaired) electrons. The van der Waals surface area contributed by atoms with Gasteiger partial charge in [-0.25, -0.2) is 8.42 Å². The summed E-state index contributed by atoms with van der Waals surface area (Å²) >= 11 is 0. The number of ketones is 4. The summed E-state index contributed by atoms with van der Waals surface area (Å²) in [4.78, 5) is 71.3. The van der Waals surface area contributed by atoms with Crippen molar-refractivity contribution in [2.45, 2.75) is 162 Å². The van der Waals surface area contributed by atoms with Crippen molar-refractivity contribution in [3.8, 4) is 0 Å². The molecule has 0 aromatic rings. The van der Waals surface area contributed by atoms with E-state index in [4.69, 9.17) is 0 Å². The Hall–Kier alpha value is -2.16. The second kappa shape index (κ2) is 15.7. The summed E-state index contributed by atoms with van der Waals surface area (Å²) in [5.41, 5.74) is -1.33. The second-order valence-electron chi connectivity index (χ2n) is 19.5. The second-order valence-corrected chi connectivity index (χ2v) is 22.3. The van der Waals surface area contributed by atoms with E-state index in [9.17, 15) is 32.4 Å². The van der Waals surface area contributed by atoms with Gasteiger partial charge >= 0.3 is 0 Å². The summed E-state index contributed by atoms with van der Waals surface area (Å²) in [6.45, 7) is 19.4. The summed E-state index contributed by atoms with van der Waals surface area (Å²) in [6, 6.07) is -0.688. The Kier molecular flexibility index (Phi) is 12.8. The highest BCUT2D eigenvalue weighted by Crippen LogP contribution is 2.65. The highest BCUT2D eigenvalue weighted by molar-refractivity contribution is 7.92. The van der Waals surface area contributed by atoms with E-state index in [1.807, 2.05) is 20.8 Å². The van der Waals surface area contributed by atoms with E-state index in [1.54, 1.807) is 31.7 Å². The molecule has 4 aliphatic rings. The normalized spacial score (nSPS) is 25.6.